The van der Waals surface area contributed by atoms with Crippen LogP contribution in [-0.4, -0.2) is 29.4 Å². The number of nitrogens with two attached hydrogens (primary N) is 1. The highest BCUT2D eigenvalue weighted by atomic mass is 32.2. The third-order valence-electron chi connectivity index (χ3n) is 3.60. The number of carbonyl (C=O) groups excluding carboxylic acids is 1. The molecule has 1 aliphatic heterocycles. The van der Waals surface area contributed by atoms with Crippen LogP contribution < -0.4 is 11.1 Å². The predicted molar refractivity (Wildman–Crippen MR) is 78.7 cm³/mol. The number of thioether (sulfide) groups is 1. The quantitative estimate of drug-likeness (QED) is 0.776. The number of aliphatic imine (C=N–C) groups is 1. The first kappa shape index (κ1) is 15.3. The van der Waals surface area contributed by atoms with Crippen molar-refractivity contribution in [1.82, 2.24) is 5.32 Å². The van der Waals surface area contributed by atoms with Crippen molar-refractivity contribution in [3.05, 3.63) is 0 Å². The van der Waals surface area contributed by atoms with Gasteiger partial charge in [-0.3, -0.25) is 9.79 Å². The number of amidine groups is 1. The molecular weight excluding hydrogens is 246 g/mol. The zero-order chi connectivity index (χ0) is 13.8. The summed E-state index contributed by atoms with van der Waals surface area (Å²) < 4.78 is 0. The monoisotopic (exact) mass is 271 g/mol. The Morgan fingerprint density at radius 1 is 1.56 bits per heavy atom. The molecule has 0 fully saturated rings. The lowest BCUT2D eigenvalue weighted by Crippen LogP contribution is -2.41. The standard InChI is InChI=1S/C13H25N3OS/c1-5-9(6-2)10-7-15-12(18-10)16-8-13(3,4)11(14)17/h9-10H,5-8H2,1-4H3,(H2,14,17)(H,15,16). The van der Waals surface area contributed by atoms with Crippen LogP contribution in [0, 0.1) is 11.3 Å². The number of nitrogens with one attached hydrogen (secondary N) is 1. The highest BCUT2D eigenvalue weighted by Gasteiger charge is 2.29. The lowest BCUT2D eigenvalue weighted by molar-refractivity contribution is -0.125. The van der Waals surface area contributed by atoms with Gasteiger partial charge in [0.05, 0.1) is 12.0 Å². The van der Waals surface area contributed by atoms with Crippen molar-refractivity contribution in [3.8, 4) is 0 Å². The number of carbonyl (C=O) groups is 1. The van der Waals surface area contributed by atoms with Crippen LogP contribution in [0.2, 0.25) is 0 Å². The highest BCUT2D eigenvalue weighted by molar-refractivity contribution is 8.14. The second-order valence-electron chi connectivity index (χ2n) is 5.48. The summed E-state index contributed by atoms with van der Waals surface area (Å²) >= 11 is 1.81. The molecule has 0 aromatic heterocycles. The van der Waals surface area contributed by atoms with Gasteiger partial charge in [0, 0.05) is 11.8 Å². The Hall–Kier alpha value is -0.710. The van der Waals surface area contributed by atoms with E-state index in [0.717, 1.165) is 17.6 Å². The van der Waals surface area contributed by atoms with Gasteiger partial charge in [0.15, 0.2) is 5.17 Å². The number of hydrogen-bond acceptors (Lipinski definition) is 4. The van der Waals surface area contributed by atoms with E-state index in [1.165, 1.54) is 12.8 Å². The largest absolute Gasteiger partial charge is 0.369 e. The Balaban J connectivity index is 2.41. The molecule has 1 atom stereocenters. The fourth-order valence-corrected chi connectivity index (χ4v) is 3.25. The van der Waals surface area contributed by atoms with E-state index in [1.54, 1.807) is 0 Å². The molecule has 0 aromatic rings. The van der Waals surface area contributed by atoms with Crippen LogP contribution in [0.5, 0.6) is 0 Å². The first-order valence-electron chi connectivity index (χ1n) is 6.65. The van der Waals surface area contributed by atoms with Crippen molar-refractivity contribution in [2.24, 2.45) is 22.1 Å². The van der Waals surface area contributed by atoms with Crippen molar-refractivity contribution in [2.45, 2.75) is 45.8 Å². The Morgan fingerprint density at radius 2 is 2.17 bits per heavy atom. The first-order chi connectivity index (χ1) is 8.40. The molecule has 1 unspecified atom stereocenters. The summed E-state index contributed by atoms with van der Waals surface area (Å²) in [5.74, 6) is 0.442. The maximum absolute atomic E-state index is 11.2. The molecule has 1 amide bonds. The van der Waals surface area contributed by atoms with Gasteiger partial charge in [-0.05, 0) is 19.8 Å². The van der Waals surface area contributed by atoms with E-state index in [1.807, 2.05) is 25.6 Å². The van der Waals surface area contributed by atoms with Gasteiger partial charge in [-0.25, -0.2) is 0 Å². The molecule has 0 radical (unpaired) electrons. The third kappa shape index (κ3) is 3.90. The van der Waals surface area contributed by atoms with Gasteiger partial charge in [0.25, 0.3) is 0 Å². The van der Waals surface area contributed by atoms with E-state index in [4.69, 9.17) is 5.73 Å². The molecule has 0 aromatic carbocycles. The average Bonchev–Trinajstić information content (AvgIpc) is 2.77. The summed E-state index contributed by atoms with van der Waals surface area (Å²) in [5.41, 5.74) is 4.82. The number of amides is 1. The molecule has 3 N–H and O–H groups in total. The molecule has 0 bridgehead atoms. The van der Waals surface area contributed by atoms with Crippen molar-refractivity contribution < 1.29 is 4.79 Å². The smallest absolute Gasteiger partial charge is 0.224 e. The first-order valence-corrected chi connectivity index (χ1v) is 7.53. The molecule has 0 spiro atoms. The maximum Gasteiger partial charge on any atom is 0.224 e. The second kappa shape index (κ2) is 6.45. The van der Waals surface area contributed by atoms with Gasteiger partial charge < -0.3 is 11.1 Å². The van der Waals surface area contributed by atoms with Crippen molar-refractivity contribution in [3.63, 3.8) is 0 Å². The van der Waals surface area contributed by atoms with E-state index in [-0.39, 0.29) is 5.91 Å². The summed E-state index contributed by atoms with van der Waals surface area (Å²) in [6.45, 7) is 9.59. The minimum Gasteiger partial charge on any atom is -0.369 e. The van der Waals surface area contributed by atoms with Crippen molar-refractivity contribution in [1.29, 1.82) is 0 Å². The van der Waals surface area contributed by atoms with Gasteiger partial charge in [-0.1, -0.05) is 38.5 Å². The predicted octanol–water partition coefficient (Wildman–Crippen LogP) is 2.00. The zero-order valence-electron chi connectivity index (χ0n) is 11.8. The van der Waals surface area contributed by atoms with Gasteiger partial charge >= 0.3 is 0 Å². The number of nitrogens with zero attached hydrogens (tertiary/aromatic N) is 1. The molecule has 0 aliphatic carbocycles. The average molecular weight is 271 g/mol. The zero-order valence-corrected chi connectivity index (χ0v) is 12.6. The van der Waals surface area contributed by atoms with Crippen molar-refractivity contribution >= 4 is 22.8 Å². The van der Waals surface area contributed by atoms with E-state index in [0.29, 0.717) is 11.8 Å². The fraction of sp³-hybridized carbons (Fsp3) is 0.846. The van der Waals surface area contributed by atoms with Crippen molar-refractivity contribution in [2.75, 3.05) is 13.1 Å². The lowest BCUT2D eigenvalue weighted by atomic mass is 9.93. The maximum atomic E-state index is 11.2. The Morgan fingerprint density at radius 3 is 2.67 bits per heavy atom. The Kier molecular flexibility index (Phi) is 5.50. The van der Waals surface area contributed by atoms with E-state index < -0.39 is 5.41 Å². The van der Waals surface area contributed by atoms with Gasteiger partial charge in [-0.2, -0.15) is 0 Å². The molecule has 1 heterocycles. The summed E-state index contributed by atoms with van der Waals surface area (Å²) in [4.78, 5) is 15.7. The number of primary amides is 1. The van der Waals surface area contributed by atoms with Crippen LogP contribution in [0.3, 0.4) is 0 Å². The molecule has 18 heavy (non-hydrogen) atoms. The van der Waals surface area contributed by atoms with Crippen LogP contribution in [0.15, 0.2) is 4.99 Å². The number of rotatable bonds is 6. The van der Waals surface area contributed by atoms with Crippen LogP contribution in [-0.2, 0) is 4.79 Å². The molecule has 5 heteroatoms. The lowest BCUT2D eigenvalue weighted by Gasteiger charge is -2.22. The SMILES string of the molecule is CCC(CC)C1CN=C(NCC(C)(C)C(N)=O)S1. The van der Waals surface area contributed by atoms with Gasteiger partial charge in [0.1, 0.15) is 0 Å². The molecule has 0 saturated carbocycles. The number of hydrogen-bond donors (Lipinski definition) is 2. The molecule has 0 saturated heterocycles. The normalized spacial score (nSPS) is 20.1. The fourth-order valence-electron chi connectivity index (χ4n) is 1.93. The van der Waals surface area contributed by atoms with Gasteiger partial charge in [0.2, 0.25) is 5.91 Å². The van der Waals surface area contributed by atoms with E-state index >= 15 is 0 Å². The Labute approximate surface area is 114 Å². The van der Waals surface area contributed by atoms with E-state index in [2.05, 4.69) is 24.2 Å². The van der Waals surface area contributed by atoms with Crippen LogP contribution in [0.25, 0.3) is 0 Å². The molecule has 4 nitrogen and oxygen atoms in total. The molecule has 1 rings (SSSR count). The minimum absolute atomic E-state index is 0.282. The summed E-state index contributed by atoms with van der Waals surface area (Å²) in [6, 6.07) is 0. The minimum atomic E-state index is -0.532. The summed E-state index contributed by atoms with van der Waals surface area (Å²) in [6.07, 6.45) is 2.40. The van der Waals surface area contributed by atoms with E-state index in [9.17, 15) is 4.79 Å². The molecular formula is C13H25N3OS. The topological polar surface area (TPSA) is 67.5 Å². The molecule has 1 aliphatic rings. The second-order valence-corrected chi connectivity index (χ2v) is 6.71. The summed E-state index contributed by atoms with van der Waals surface area (Å²) in [5, 5.41) is 4.79. The van der Waals surface area contributed by atoms with Crippen LogP contribution in [0.1, 0.15) is 40.5 Å². The third-order valence-corrected chi connectivity index (χ3v) is 4.93. The Bertz CT molecular complexity index is 324. The molecule has 104 valence electrons. The van der Waals surface area contributed by atoms with Crippen LogP contribution in [0.4, 0.5) is 0 Å². The highest BCUT2D eigenvalue weighted by Crippen LogP contribution is 2.30. The van der Waals surface area contributed by atoms with Gasteiger partial charge in [-0.15, -0.1) is 0 Å². The summed E-state index contributed by atoms with van der Waals surface area (Å²) in [7, 11) is 0. The van der Waals surface area contributed by atoms with Crippen LogP contribution >= 0.6 is 11.8 Å².